The molecule has 2 aromatic rings. The van der Waals surface area contributed by atoms with E-state index in [9.17, 15) is 9.59 Å². The van der Waals surface area contributed by atoms with Crippen molar-refractivity contribution in [2.75, 3.05) is 36.5 Å². The minimum absolute atomic E-state index is 0.0332. The molecule has 1 aliphatic heterocycles. The fourth-order valence-electron chi connectivity index (χ4n) is 2.88. The van der Waals surface area contributed by atoms with Gasteiger partial charge < -0.3 is 15.0 Å². The first-order valence-corrected chi connectivity index (χ1v) is 9.43. The Bertz CT molecular complexity index is 771. The maximum atomic E-state index is 12.3. The van der Waals surface area contributed by atoms with E-state index in [1.807, 2.05) is 36.4 Å². The number of morpholine rings is 1. The van der Waals surface area contributed by atoms with Gasteiger partial charge in [0.1, 0.15) is 0 Å². The summed E-state index contributed by atoms with van der Waals surface area (Å²) in [6, 6.07) is 14.9. The third-order valence-corrected chi connectivity index (χ3v) is 4.80. The fraction of sp³-hybridized carbons (Fsp3) is 0.300. The van der Waals surface area contributed by atoms with Crippen LogP contribution >= 0.6 is 15.9 Å². The third kappa shape index (κ3) is 4.93. The molecule has 1 fully saturated rings. The molecule has 2 aromatic carbocycles. The molecule has 5 nitrogen and oxygen atoms in total. The van der Waals surface area contributed by atoms with E-state index in [4.69, 9.17) is 4.74 Å². The molecule has 1 saturated heterocycles. The van der Waals surface area contributed by atoms with Gasteiger partial charge in [-0.2, -0.15) is 0 Å². The van der Waals surface area contributed by atoms with Gasteiger partial charge in [-0.25, -0.2) is 0 Å². The van der Waals surface area contributed by atoms with Gasteiger partial charge in [0.15, 0.2) is 5.78 Å². The predicted octanol–water partition coefficient (Wildman–Crippen LogP) is 3.89. The molecule has 0 aromatic heterocycles. The summed E-state index contributed by atoms with van der Waals surface area (Å²) in [6.45, 7) is 2.97. The van der Waals surface area contributed by atoms with Gasteiger partial charge in [-0.3, -0.25) is 9.59 Å². The van der Waals surface area contributed by atoms with Crippen LogP contribution in [0.5, 0.6) is 0 Å². The Morgan fingerprint density at radius 2 is 1.69 bits per heavy atom. The number of nitrogens with one attached hydrogen (secondary N) is 1. The van der Waals surface area contributed by atoms with Crippen molar-refractivity contribution in [3.63, 3.8) is 0 Å². The standard InChI is InChI=1S/C20H21BrN2O3/c21-16-7-5-15(6-8-16)19(24)9-10-20(25)22-17-3-1-2-4-18(17)23-11-13-26-14-12-23/h1-8H,9-14H2,(H,22,25). The topological polar surface area (TPSA) is 58.6 Å². The Hall–Kier alpha value is -2.18. The van der Waals surface area contributed by atoms with E-state index in [0.29, 0.717) is 18.8 Å². The zero-order chi connectivity index (χ0) is 18.4. The number of amides is 1. The normalized spacial score (nSPS) is 14.1. The Kier molecular flexibility index (Phi) is 6.41. The van der Waals surface area contributed by atoms with Gasteiger partial charge in [0, 0.05) is 36.0 Å². The van der Waals surface area contributed by atoms with Crippen molar-refractivity contribution in [1.82, 2.24) is 0 Å². The van der Waals surface area contributed by atoms with Crippen LogP contribution in [-0.4, -0.2) is 38.0 Å². The number of nitrogens with zero attached hydrogens (tertiary/aromatic N) is 1. The number of carbonyl (C=O) groups excluding carboxylic acids is 2. The summed E-state index contributed by atoms with van der Waals surface area (Å²) in [5.41, 5.74) is 2.38. The fourth-order valence-corrected chi connectivity index (χ4v) is 3.14. The number of Topliss-reactive ketones (excluding diaryl/α,β-unsaturated/α-hetero) is 1. The number of rotatable bonds is 6. The van der Waals surface area contributed by atoms with Crippen LogP contribution in [0.25, 0.3) is 0 Å². The second-order valence-corrected chi connectivity index (χ2v) is 7.01. The molecular formula is C20H21BrN2O3. The molecule has 1 heterocycles. The van der Waals surface area contributed by atoms with E-state index >= 15 is 0 Å². The van der Waals surface area contributed by atoms with E-state index < -0.39 is 0 Å². The Morgan fingerprint density at radius 3 is 2.42 bits per heavy atom. The molecule has 0 radical (unpaired) electrons. The highest BCUT2D eigenvalue weighted by atomic mass is 79.9. The lowest BCUT2D eigenvalue weighted by molar-refractivity contribution is -0.116. The molecule has 0 saturated carbocycles. The Morgan fingerprint density at radius 1 is 1.00 bits per heavy atom. The molecule has 3 rings (SSSR count). The smallest absolute Gasteiger partial charge is 0.224 e. The van der Waals surface area contributed by atoms with Crippen LogP contribution in [0.2, 0.25) is 0 Å². The van der Waals surface area contributed by atoms with Crippen LogP contribution < -0.4 is 10.2 Å². The SMILES string of the molecule is O=C(CCC(=O)c1ccc(Br)cc1)Nc1ccccc1N1CCOCC1. The van der Waals surface area contributed by atoms with Crippen LogP contribution in [0.1, 0.15) is 23.2 Å². The first-order valence-electron chi connectivity index (χ1n) is 8.64. The van der Waals surface area contributed by atoms with Crippen LogP contribution in [0.15, 0.2) is 53.0 Å². The highest BCUT2D eigenvalue weighted by Gasteiger charge is 2.16. The number of para-hydroxylation sites is 2. The van der Waals surface area contributed by atoms with Crippen molar-refractivity contribution in [1.29, 1.82) is 0 Å². The number of hydrogen-bond acceptors (Lipinski definition) is 4. The first kappa shape index (κ1) is 18.6. The van der Waals surface area contributed by atoms with Gasteiger partial charge in [0.25, 0.3) is 0 Å². The zero-order valence-electron chi connectivity index (χ0n) is 14.4. The molecule has 0 atom stereocenters. The lowest BCUT2D eigenvalue weighted by atomic mass is 10.1. The number of ether oxygens (including phenoxy) is 1. The quantitative estimate of drug-likeness (QED) is 0.725. The van der Waals surface area contributed by atoms with Crippen LogP contribution in [0.3, 0.4) is 0 Å². The number of hydrogen-bond donors (Lipinski definition) is 1. The number of anilines is 2. The summed E-state index contributed by atoms with van der Waals surface area (Å²) in [4.78, 5) is 26.7. The highest BCUT2D eigenvalue weighted by molar-refractivity contribution is 9.10. The number of halogens is 1. The molecule has 0 spiro atoms. The molecule has 1 amide bonds. The summed E-state index contributed by atoms with van der Waals surface area (Å²) in [6.07, 6.45) is 0.347. The van der Waals surface area contributed by atoms with E-state index in [1.54, 1.807) is 12.1 Å². The van der Waals surface area contributed by atoms with E-state index in [2.05, 4.69) is 26.1 Å². The molecule has 6 heteroatoms. The lowest BCUT2D eigenvalue weighted by Gasteiger charge is -2.30. The van der Waals surface area contributed by atoms with Crippen LogP contribution in [0.4, 0.5) is 11.4 Å². The van der Waals surface area contributed by atoms with Crippen molar-refractivity contribution >= 4 is 39.0 Å². The zero-order valence-corrected chi connectivity index (χ0v) is 16.0. The number of benzene rings is 2. The van der Waals surface area contributed by atoms with Crippen molar-refractivity contribution in [3.05, 3.63) is 58.6 Å². The molecule has 1 aliphatic rings. The van der Waals surface area contributed by atoms with Gasteiger partial charge >= 0.3 is 0 Å². The molecule has 1 N–H and O–H groups in total. The summed E-state index contributed by atoms with van der Waals surface area (Å²) in [5, 5.41) is 2.94. The van der Waals surface area contributed by atoms with Gasteiger partial charge in [-0.1, -0.05) is 40.2 Å². The third-order valence-electron chi connectivity index (χ3n) is 4.28. The van der Waals surface area contributed by atoms with Crippen molar-refractivity contribution in [3.8, 4) is 0 Å². The monoisotopic (exact) mass is 416 g/mol. The van der Waals surface area contributed by atoms with Gasteiger partial charge in [0.2, 0.25) is 5.91 Å². The molecule has 0 unspecified atom stereocenters. The van der Waals surface area contributed by atoms with E-state index in [-0.39, 0.29) is 24.5 Å². The Labute approximate surface area is 161 Å². The largest absolute Gasteiger partial charge is 0.378 e. The van der Waals surface area contributed by atoms with Crippen molar-refractivity contribution in [2.24, 2.45) is 0 Å². The van der Waals surface area contributed by atoms with Crippen molar-refractivity contribution < 1.29 is 14.3 Å². The maximum Gasteiger partial charge on any atom is 0.224 e. The summed E-state index contributed by atoms with van der Waals surface area (Å²) in [7, 11) is 0. The summed E-state index contributed by atoms with van der Waals surface area (Å²) < 4.78 is 6.31. The minimum atomic E-state index is -0.156. The minimum Gasteiger partial charge on any atom is -0.378 e. The molecule has 136 valence electrons. The average Bonchev–Trinajstić information content (AvgIpc) is 2.68. The maximum absolute atomic E-state index is 12.3. The second kappa shape index (κ2) is 8.96. The lowest BCUT2D eigenvalue weighted by Crippen LogP contribution is -2.36. The molecule has 26 heavy (non-hydrogen) atoms. The van der Waals surface area contributed by atoms with Gasteiger partial charge in [-0.05, 0) is 24.3 Å². The average molecular weight is 417 g/mol. The van der Waals surface area contributed by atoms with Gasteiger partial charge in [0.05, 0.1) is 24.6 Å². The molecule has 0 aliphatic carbocycles. The molecular weight excluding hydrogens is 396 g/mol. The first-order chi connectivity index (χ1) is 12.6. The number of ketones is 1. The second-order valence-electron chi connectivity index (χ2n) is 6.09. The predicted molar refractivity (Wildman–Crippen MR) is 106 cm³/mol. The summed E-state index contributed by atoms with van der Waals surface area (Å²) in [5.74, 6) is -0.190. The van der Waals surface area contributed by atoms with E-state index in [0.717, 1.165) is 28.9 Å². The Balaban J connectivity index is 1.58. The number of carbonyl (C=O) groups is 2. The van der Waals surface area contributed by atoms with Crippen molar-refractivity contribution in [2.45, 2.75) is 12.8 Å². The van der Waals surface area contributed by atoms with Crippen LogP contribution in [0, 0.1) is 0 Å². The highest BCUT2D eigenvalue weighted by Crippen LogP contribution is 2.26. The molecule has 0 bridgehead atoms. The van der Waals surface area contributed by atoms with Crippen LogP contribution in [-0.2, 0) is 9.53 Å². The van der Waals surface area contributed by atoms with Gasteiger partial charge in [-0.15, -0.1) is 0 Å². The van der Waals surface area contributed by atoms with E-state index in [1.165, 1.54) is 0 Å². The summed E-state index contributed by atoms with van der Waals surface area (Å²) >= 11 is 3.35.